The molecule has 8 nitrogen and oxygen atoms in total. The molecule has 0 radical (unpaired) electrons. The number of para-hydroxylation sites is 1. The molecule has 4 heterocycles. The summed E-state index contributed by atoms with van der Waals surface area (Å²) in [6, 6.07) is 5.75. The molecule has 5 rings (SSSR count). The van der Waals surface area contributed by atoms with Gasteiger partial charge < -0.3 is 9.88 Å². The maximum absolute atomic E-state index is 13.4. The third-order valence-corrected chi connectivity index (χ3v) is 5.60. The molecule has 1 saturated heterocycles. The minimum atomic E-state index is -0.154. The lowest BCUT2D eigenvalue weighted by atomic mass is 10.2. The largest absolute Gasteiger partial charge is 0.309 e. The molecule has 9 heteroatoms. The molecule has 1 aliphatic rings. The van der Waals surface area contributed by atoms with Crippen LogP contribution in [-0.2, 0) is 0 Å². The van der Waals surface area contributed by atoms with Crippen molar-refractivity contribution in [3.05, 3.63) is 51.8 Å². The fourth-order valence-corrected chi connectivity index (χ4v) is 4.27. The van der Waals surface area contributed by atoms with E-state index in [4.69, 9.17) is 11.6 Å². The summed E-state index contributed by atoms with van der Waals surface area (Å²) >= 11 is 6.45. The Labute approximate surface area is 165 Å². The van der Waals surface area contributed by atoms with Gasteiger partial charge in [0, 0.05) is 6.04 Å². The predicted molar refractivity (Wildman–Crippen MR) is 107 cm³/mol. The predicted octanol–water partition coefficient (Wildman–Crippen LogP) is 2.89. The van der Waals surface area contributed by atoms with Gasteiger partial charge in [-0.1, -0.05) is 22.9 Å². The molecule has 0 amide bonds. The lowest BCUT2D eigenvalue weighted by Crippen LogP contribution is -2.25. The Morgan fingerprint density at radius 3 is 2.89 bits per heavy atom. The van der Waals surface area contributed by atoms with Gasteiger partial charge >= 0.3 is 0 Å². The zero-order valence-electron chi connectivity index (χ0n) is 15.6. The number of nitrogens with one attached hydrogen (secondary N) is 1. The highest BCUT2D eigenvalue weighted by Crippen LogP contribution is 2.27. The third-order valence-electron chi connectivity index (χ3n) is 5.30. The van der Waals surface area contributed by atoms with Crippen molar-refractivity contribution in [2.24, 2.45) is 0 Å². The average molecular weight is 398 g/mol. The molecule has 0 spiro atoms. The normalized spacial score (nSPS) is 17.4. The van der Waals surface area contributed by atoms with E-state index in [1.807, 2.05) is 32.2 Å². The molecule has 1 aromatic carbocycles. The first-order chi connectivity index (χ1) is 13.6. The van der Waals surface area contributed by atoms with Gasteiger partial charge in [0.15, 0.2) is 11.3 Å². The Balaban J connectivity index is 1.78. The van der Waals surface area contributed by atoms with E-state index >= 15 is 0 Å². The molecule has 1 atom stereocenters. The molecule has 1 aliphatic heterocycles. The quantitative estimate of drug-likeness (QED) is 0.574. The van der Waals surface area contributed by atoms with E-state index in [0.29, 0.717) is 21.9 Å². The minimum absolute atomic E-state index is 0.0587. The second-order valence-corrected chi connectivity index (χ2v) is 7.81. The summed E-state index contributed by atoms with van der Waals surface area (Å²) in [5.74, 6) is 0.470. The molecule has 0 bridgehead atoms. The molecule has 3 aromatic heterocycles. The summed E-state index contributed by atoms with van der Waals surface area (Å²) in [5.41, 5.74) is 2.70. The standard InChI is InChI=1S/C19H20ClN7O/c1-11(2)27-16-12(20)5-3-7-15(16)25-10-22-18(17(25)19(27)28)26-9-14(23-24-26)13-6-4-8-21-13/h3,5,7,9-11,13,21H,4,6,8H2,1-2H3. The van der Waals surface area contributed by atoms with Gasteiger partial charge in [0.25, 0.3) is 5.56 Å². The van der Waals surface area contributed by atoms with Gasteiger partial charge in [-0.05, 0) is 45.4 Å². The first kappa shape index (κ1) is 17.4. The van der Waals surface area contributed by atoms with Crippen LogP contribution in [0.25, 0.3) is 22.4 Å². The van der Waals surface area contributed by atoms with Crippen LogP contribution in [0.2, 0.25) is 5.02 Å². The minimum Gasteiger partial charge on any atom is -0.309 e. The van der Waals surface area contributed by atoms with Crippen LogP contribution < -0.4 is 10.9 Å². The summed E-state index contributed by atoms with van der Waals surface area (Å²) in [5, 5.41) is 12.5. The fourth-order valence-electron chi connectivity index (χ4n) is 4.01. The highest BCUT2D eigenvalue weighted by molar-refractivity contribution is 6.35. The Hall–Kier alpha value is -2.71. The number of imidazole rings is 1. The number of nitrogens with zero attached hydrogens (tertiary/aromatic N) is 6. The second kappa shape index (κ2) is 6.42. The van der Waals surface area contributed by atoms with Crippen LogP contribution in [0.1, 0.15) is 44.5 Å². The van der Waals surface area contributed by atoms with Crippen molar-refractivity contribution in [3.63, 3.8) is 0 Å². The van der Waals surface area contributed by atoms with E-state index in [1.54, 1.807) is 26.0 Å². The van der Waals surface area contributed by atoms with Crippen LogP contribution in [0.15, 0.2) is 35.5 Å². The van der Waals surface area contributed by atoms with E-state index in [-0.39, 0.29) is 17.6 Å². The van der Waals surface area contributed by atoms with E-state index in [9.17, 15) is 4.79 Å². The summed E-state index contributed by atoms with van der Waals surface area (Å²) in [4.78, 5) is 17.9. The summed E-state index contributed by atoms with van der Waals surface area (Å²) in [6.45, 7) is 4.92. The van der Waals surface area contributed by atoms with Crippen molar-refractivity contribution in [3.8, 4) is 5.82 Å². The fraction of sp³-hybridized carbons (Fsp3) is 0.368. The Morgan fingerprint density at radius 2 is 2.14 bits per heavy atom. The maximum atomic E-state index is 13.4. The Morgan fingerprint density at radius 1 is 1.29 bits per heavy atom. The maximum Gasteiger partial charge on any atom is 0.279 e. The van der Waals surface area contributed by atoms with Crippen LogP contribution in [0, 0.1) is 0 Å². The molecule has 0 aliphatic carbocycles. The van der Waals surface area contributed by atoms with Crippen LogP contribution in [0.4, 0.5) is 0 Å². The number of rotatable bonds is 3. The van der Waals surface area contributed by atoms with Gasteiger partial charge in [0.05, 0.1) is 28.3 Å². The molecule has 1 fully saturated rings. The van der Waals surface area contributed by atoms with Crippen molar-refractivity contribution >= 4 is 28.2 Å². The lowest BCUT2D eigenvalue weighted by Gasteiger charge is -2.16. The highest BCUT2D eigenvalue weighted by atomic mass is 35.5. The van der Waals surface area contributed by atoms with Gasteiger partial charge in [0.2, 0.25) is 0 Å². The molecule has 144 valence electrons. The van der Waals surface area contributed by atoms with Gasteiger partial charge in [0.1, 0.15) is 12.0 Å². The highest BCUT2D eigenvalue weighted by Gasteiger charge is 2.23. The average Bonchev–Trinajstić information content (AvgIpc) is 3.41. The van der Waals surface area contributed by atoms with Crippen LogP contribution in [-0.4, -0.2) is 35.5 Å². The molecular formula is C19H20ClN7O. The zero-order valence-corrected chi connectivity index (χ0v) is 16.4. The third kappa shape index (κ3) is 2.48. The van der Waals surface area contributed by atoms with Crippen molar-refractivity contribution < 1.29 is 0 Å². The number of halogens is 1. The van der Waals surface area contributed by atoms with Crippen molar-refractivity contribution in [1.82, 2.24) is 34.3 Å². The smallest absolute Gasteiger partial charge is 0.279 e. The van der Waals surface area contributed by atoms with Crippen LogP contribution in [0.3, 0.4) is 0 Å². The Kier molecular flexibility index (Phi) is 3.99. The summed E-state index contributed by atoms with van der Waals surface area (Å²) in [7, 11) is 0. The topological polar surface area (TPSA) is 82.0 Å². The van der Waals surface area contributed by atoms with E-state index in [0.717, 1.165) is 30.6 Å². The zero-order chi connectivity index (χ0) is 19.4. The SMILES string of the molecule is CC(C)n1c(=O)c2c(-n3cc(C4CCCN4)nn3)ncn2c2cccc(Cl)c21. The molecule has 28 heavy (non-hydrogen) atoms. The van der Waals surface area contributed by atoms with Crippen LogP contribution >= 0.6 is 11.6 Å². The monoisotopic (exact) mass is 397 g/mol. The van der Waals surface area contributed by atoms with Crippen molar-refractivity contribution in [1.29, 1.82) is 0 Å². The van der Waals surface area contributed by atoms with E-state index < -0.39 is 0 Å². The van der Waals surface area contributed by atoms with Gasteiger partial charge in [-0.15, -0.1) is 5.10 Å². The van der Waals surface area contributed by atoms with Crippen LogP contribution in [0.5, 0.6) is 0 Å². The molecular weight excluding hydrogens is 378 g/mol. The van der Waals surface area contributed by atoms with Crippen molar-refractivity contribution in [2.45, 2.75) is 38.8 Å². The molecule has 1 N–H and O–H groups in total. The van der Waals surface area contributed by atoms with Gasteiger partial charge in [-0.3, -0.25) is 9.20 Å². The molecule has 0 saturated carbocycles. The number of hydrogen-bond acceptors (Lipinski definition) is 5. The van der Waals surface area contributed by atoms with Crippen molar-refractivity contribution in [2.75, 3.05) is 6.54 Å². The first-order valence-electron chi connectivity index (χ1n) is 9.42. The lowest BCUT2D eigenvalue weighted by molar-refractivity contribution is 0.600. The summed E-state index contributed by atoms with van der Waals surface area (Å²) < 4.78 is 5.09. The van der Waals surface area contributed by atoms with E-state index in [1.165, 1.54) is 0 Å². The number of benzene rings is 1. The number of fused-ring (bicyclic) bond motifs is 3. The second-order valence-electron chi connectivity index (χ2n) is 7.40. The van der Waals surface area contributed by atoms with Gasteiger partial charge in [-0.25, -0.2) is 4.98 Å². The summed E-state index contributed by atoms with van der Waals surface area (Å²) in [6.07, 6.45) is 5.65. The molecule has 4 aromatic rings. The number of hydrogen-bond donors (Lipinski definition) is 1. The van der Waals surface area contributed by atoms with Gasteiger partial charge in [-0.2, -0.15) is 4.68 Å². The van der Waals surface area contributed by atoms with E-state index in [2.05, 4.69) is 20.6 Å². The first-order valence-corrected chi connectivity index (χ1v) is 9.80. The number of aromatic nitrogens is 6. The molecule has 1 unspecified atom stereocenters. The Bertz CT molecular complexity index is 1250.